The molecule has 1 heterocycles. The Morgan fingerprint density at radius 1 is 0.812 bits per heavy atom. The number of nitriles is 1. The largest absolute Gasteiger partial charge is 0.298 e. The fraction of sp³-hybridized carbons (Fsp3) is 0.0800. The SMILES string of the molecule is N#CCN(C(=O)CSc1nnc(-c2ccccc2)c(-c2ccccc2)n1)c1ccccc1. The molecule has 0 aliphatic rings. The van der Waals surface area contributed by atoms with Crippen molar-refractivity contribution in [1.29, 1.82) is 5.26 Å². The third kappa shape index (κ3) is 4.99. The second-order valence-electron chi connectivity index (χ2n) is 6.79. The van der Waals surface area contributed by atoms with E-state index in [0.717, 1.165) is 11.1 Å². The maximum Gasteiger partial charge on any atom is 0.238 e. The van der Waals surface area contributed by atoms with E-state index in [1.54, 1.807) is 12.1 Å². The average Bonchev–Trinajstić information content (AvgIpc) is 2.87. The van der Waals surface area contributed by atoms with E-state index in [2.05, 4.69) is 16.3 Å². The maximum absolute atomic E-state index is 12.8. The van der Waals surface area contributed by atoms with E-state index in [4.69, 9.17) is 10.2 Å². The standard InChI is InChI=1S/C25H19N5OS/c26-16-17-30(21-14-8-3-9-15-21)22(31)18-32-25-27-23(19-10-4-1-5-11-19)24(28-29-25)20-12-6-2-7-13-20/h1-15H,17-18H2. The summed E-state index contributed by atoms with van der Waals surface area (Å²) in [6.07, 6.45) is 0. The molecular formula is C25H19N5OS. The first-order chi connectivity index (χ1) is 15.8. The van der Waals surface area contributed by atoms with Crippen molar-refractivity contribution >= 4 is 23.4 Å². The van der Waals surface area contributed by atoms with Gasteiger partial charge in [0, 0.05) is 16.8 Å². The molecular weight excluding hydrogens is 418 g/mol. The highest BCUT2D eigenvalue weighted by Crippen LogP contribution is 2.29. The maximum atomic E-state index is 12.8. The van der Waals surface area contributed by atoms with E-state index in [9.17, 15) is 4.79 Å². The van der Waals surface area contributed by atoms with Gasteiger partial charge in [0.05, 0.1) is 11.8 Å². The summed E-state index contributed by atoms with van der Waals surface area (Å²) in [6, 6.07) is 30.8. The van der Waals surface area contributed by atoms with Crippen LogP contribution in [0, 0.1) is 11.3 Å². The van der Waals surface area contributed by atoms with Gasteiger partial charge in [0.2, 0.25) is 11.1 Å². The fourth-order valence-corrected chi connectivity index (χ4v) is 3.83. The Hall–Kier alpha value is -4.02. The number of carbonyl (C=O) groups is 1. The number of nitrogens with zero attached hydrogens (tertiary/aromatic N) is 5. The van der Waals surface area contributed by atoms with Crippen LogP contribution >= 0.6 is 11.8 Å². The van der Waals surface area contributed by atoms with Gasteiger partial charge in [0.1, 0.15) is 17.9 Å². The van der Waals surface area contributed by atoms with Crippen molar-refractivity contribution in [3.8, 4) is 28.6 Å². The molecule has 0 spiro atoms. The molecule has 4 aromatic rings. The van der Waals surface area contributed by atoms with E-state index in [1.807, 2.05) is 78.9 Å². The zero-order valence-corrected chi connectivity index (χ0v) is 17.9. The molecule has 0 fully saturated rings. The Kier molecular flexibility index (Phi) is 6.85. The van der Waals surface area contributed by atoms with E-state index >= 15 is 0 Å². The number of para-hydroxylation sites is 1. The van der Waals surface area contributed by atoms with E-state index < -0.39 is 0 Å². The number of rotatable bonds is 7. The van der Waals surface area contributed by atoms with E-state index in [1.165, 1.54) is 16.7 Å². The van der Waals surface area contributed by atoms with Crippen LogP contribution in [-0.4, -0.2) is 33.4 Å². The normalized spacial score (nSPS) is 10.3. The smallest absolute Gasteiger partial charge is 0.238 e. The third-order valence-electron chi connectivity index (χ3n) is 4.68. The number of thioether (sulfide) groups is 1. The number of hydrogen-bond donors (Lipinski definition) is 0. The van der Waals surface area contributed by atoms with Gasteiger partial charge in [-0.15, -0.1) is 10.2 Å². The van der Waals surface area contributed by atoms with Crippen LogP contribution in [0.25, 0.3) is 22.5 Å². The second-order valence-corrected chi connectivity index (χ2v) is 7.73. The van der Waals surface area contributed by atoms with Crippen LogP contribution in [0.5, 0.6) is 0 Å². The summed E-state index contributed by atoms with van der Waals surface area (Å²) in [5.74, 6) is -0.100. The Labute approximate surface area is 190 Å². The van der Waals surface area contributed by atoms with Crippen LogP contribution < -0.4 is 4.90 Å². The molecule has 0 aliphatic carbocycles. The van der Waals surface area contributed by atoms with E-state index in [0.29, 0.717) is 22.2 Å². The zero-order chi connectivity index (χ0) is 22.2. The van der Waals surface area contributed by atoms with Crippen LogP contribution in [0.4, 0.5) is 5.69 Å². The highest BCUT2D eigenvalue weighted by atomic mass is 32.2. The summed E-state index contributed by atoms with van der Waals surface area (Å²) >= 11 is 1.20. The molecule has 0 atom stereocenters. The summed E-state index contributed by atoms with van der Waals surface area (Å²) in [4.78, 5) is 19.0. The van der Waals surface area contributed by atoms with E-state index in [-0.39, 0.29) is 18.2 Å². The van der Waals surface area contributed by atoms with Crippen molar-refractivity contribution in [2.24, 2.45) is 0 Å². The first-order valence-corrected chi connectivity index (χ1v) is 11.0. The molecule has 0 unspecified atom stereocenters. The van der Waals surface area contributed by atoms with Crippen molar-refractivity contribution in [3.05, 3.63) is 91.0 Å². The lowest BCUT2D eigenvalue weighted by Crippen LogP contribution is -2.32. The first-order valence-electron chi connectivity index (χ1n) is 9.97. The highest BCUT2D eigenvalue weighted by molar-refractivity contribution is 7.99. The molecule has 0 saturated carbocycles. The van der Waals surface area contributed by atoms with Crippen molar-refractivity contribution in [3.63, 3.8) is 0 Å². The van der Waals surface area contributed by atoms with Gasteiger partial charge in [-0.05, 0) is 12.1 Å². The Balaban J connectivity index is 1.59. The van der Waals surface area contributed by atoms with Crippen molar-refractivity contribution in [2.75, 3.05) is 17.2 Å². The highest BCUT2D eigenvalue weighted by Gasteiger charge is 2.18. The fourth-order valence-electron chi connectivity index (χ4n) is 3.17. The number of hydrogen-bond acceptors (Lipinski definition) is 6. The average molecular weight is 438 g/mol. The van der Waals surface area contributed by atoms with Gasteiger partial charge in [-0.3, -0.25) is 9.69 Å². The molecule has 7 heteroatoms. The molecule has 1 aromatic heterocycles. The molecule has 3 aromatic carbocycles. The topological polar surface area (TPSA) is 82.8 Å². The Bertz CT molecular complexity index is 1230. The summed E-state index contributed by atoms with van der Waals surface area (Å²) in [5, 5.41) is 18.2. The minimum Gasteiger partial charge on any atom is -0.298 e. The summed E-state index contributed by atoms with van der Waals surface area (Å²) in [6.45, 7) is -0.0231. The molecule has 0 N–H and O–H groups in total. The Morgan fingerprint density at radius 2 is 1.38 bits per heavy atom. The van der Waals surface area contributed by atoms with Crippen molar-refractivity contribution < 1.29 is 4.79 Å². The number of amides is 1. The zero-order valence-electron chi connectivity index (χ0n) is 17.1. The quantitative estimate of drug-likeness (QED) is 0.303. The minimum absolute atomic E-state index is 0.0231. The molecule has 0 bridgehead atoms. The van der Waals surface area contributed by atoms with Crippen molar-refractivity contribution in [1.82, 2.24) is 15.2 Å². The predicted octanol–water partition coefficient (Wildman–Crippen LogP) is 4.85. The number of benzene rings is 3. The van der Waals surface area contributed by atoms with Crippen LogP contribution in [0.2, 0.25) is 0 Å². The Morgan fingerprint density at radius 3 is 1.97 bits per heavy atom. The van der Waals surface area contributed by atoms with Gasteiger partial charge in [-0.25, -0.2) is 4.98 Å². The van der Waals surface area contributed by atoms with Crippen LogP contribution in [0.1, 0.15) is 0 Å². The van der Waals surface area contributed by atoms with Crippen molar-refractivity contribution in [2.45, 2.75) is 5.16 Å². The lowest BCUT2D eigenvalue weighted by Gasteiger charge is -2.19. The van der Waals surface area contributed by atoms with Gasteiger partial charge in [-0.1, -0.05) is 90.6 Å². The molecule has 32 heavy (non-hydrogen) atoms. The lowest BCUT2D eigenvalue weighted by atomic mass is 10.0. The molecule has 6 nitrogen and oxygen atoms in total. The number of aromatic nitrogens is 3. The summed E-state index contributed by atoms with van der Waals surface area (Å²) in [7, 11) is 0. The second kappa shape index (κ2) is 10.3. The predicted molar refractivity (Wildman–Crippen MR) is 126 cm³/mol. The van der Waals surface area contributed by atoms with Gasteiger partial charge < -0.3 is 0 Å². The summed E-state index contributed by atoms with van der Waals surface area (Å²) in [5.41, 5.74) is 3.91. The first kappa shape index (κ1) is 21.2. The third-order valence-corrected chi connectivity index (χ3v) is 5.51. The van der Waals surface area contributed by atoms with Gasteiger partial charge in [0.25, 0.3) is 0 Å². The van der Waals surface area contributed by atoms with Crippen LogP contribution in [-0.2, 0) is 4.79 Å². The molecule has 156 valence electrons. The monoisotopic (exact) mass is 437 g/mol. The molecule has 0 saturated heterocycles. The molecule has 1 amide bonds. The molecule has 0 aliphatic heterocycles. The minimum atomic E-state index is -0.195. The molecule has 0 radical (unpaired) electrons. The van der Waals surface area contributed by atoms with Gasteiger partial charge in [-0.2, -0.15) is 5.26 Å². The molecule has 4 rings (SSSR count). The van der Waals surface area contributed by atoms with Crippen LogP contribution in [0.3, 0.4) is 0 Å². The van der Waals surface area contributed by atoms with Gasteiger partial charge in [0.15, 0.2) is 0 Å². The van der Waals surface area contributed by atoms with Crippen LogP contribution in [0.15, 0.2) is 96.2 Å². The summed E-state index contributed by atoms with van der Waals surface area (Å²) < 4.78 is 0. The number of anilines is 1. The van der Waals surface area contributed by atoms with Gasteiger partial charge >= 0.3 is 0 Å². The number of carbonyl (C=O) groups excluding carboxylic acids is 1. The lowest BCUT2D eigenvalue weighted by molar-refractivity contribution is -0.116.